The molecule has 0 aliphatic carbocycles. The Morgan fingerprint density at radius 1 is 1.14 bits per heavy atom. The maximum absolute atomic E-state index is 12.9. The maximum Gasteiger partial charge on any atom is 0.253 e. The summed E-state index contributed by atoms with van der Waals surface area (Å²) in [6, 6.07) is 10.6. The minimum Gasteiger partial charge on any atom is -0.497 e. The Balaban J connectivity index is 1.62. The summed E-state index contributed by atoms with van der Waals surface area (Å²) in [5.74, 6) is 1.87. The lowest BCUT2D eigenvalue weighted by Gasteiger charge is -2.20. The van der Waals surface area contributed by atoms with Crippen molar-refractivity contribution in [2.24, 2.45) is 7.05 Å². The van der Waals surface area contributed by atoms with Crippen molar-refractivity contribution in [1.29, 1.82) is 0 Å². The Bertz CT molecular complexity index is 1100. The summed E-state index contributed by atoms with van der Waals surface area (Å²) in [4.78, 5) is 25.7. The molecule has 8 nitrogen and oxygen atoms in total. The Labute approximate surface area is 167 Å². The van der Waals surface area contributed by atoms with E-state index in [-0.39, 0.29) is 5.91 Å². The van der Waals surface area contributed by atoms with E-state index in [1.165, 1.54) is 0 Å². The number of pyridine rings is 1. The molecule has 8 heteroatoms. The third-order valence-electron chi connectivity index (χ3n) is 4.60. The number of rotatable bonds is 6. The zero-order valence-corrected chi connectivity index (χ0v) is 16.1. The van der Waals surface area contributed by atoms with E-state index in [0.29, 0.717) is 17.1 Å². The second-order valence-electron chi connectivity index (χ2n) is 6.45. The van der Waals surface area contributed by atoms with Gasteiger partial charge in [0.2, 0.25) is 0 Å². The SMILES string of the molecule is COc1cccc(C(NC(=O)c2ccc(-n3ccnc3)nc2)c2nccn2C)c1. The van der Waals surface area contributed by atoms with Gasteiger partial charge in [-0.2, -0.15) is 0 Å². The number of imidazole rings is 2. The zero-order chi connectivity index (χ0) is 20.2. The molecule has 146 valence electrons. The fourth-order valence-electron chi connectivity index (χ4n) is 3.06. The van der Waals surface area contributed by atoms with Crippen LogP contribution in [-0.4, -0.2) is 37.1 Å². The van der Waals surface area contributed by atoms with Crippen molar-refractivity contribution < 1.29 is 9.53 Å². The number of amides is 1. The number of hydrogen-bond acceptors (Lipinski definition) is 5. The van der Waals surface area contributed by atoms with Crippen LogP contribution in [0.2, 0.25) is 0 Å². The van der Waals surface area contributed by atoms with Gasteiger partial charge in [0, 0.05) is 38.0 Å². The molecule has 1 unspecified atom stereocenters. The van der Waals surface area contributed by atoms with Gasteiger partial charge in [0.15, 0.2) is 0 Å². The molecule has 1 N–H and O–H groups in total. The molecule has 0 aliphatic heterocycles. The number of carbonyl (C=O) groups excluding carboxylic acids is 1. The molecule has 0 radical (unpaired) electrons. The molecule has 0 saturated heterocycles. The highest BCUT2D eigenvalue weighted by molar-refractivity contribution is 5.94. The molecule has 1 amide bonds. The topological polar surface area (TPSA) is 86.9 Å². The Kier molecular flexibility index (Phi) is 5.07. The summed E-state index contributed by atoms with van der Waals surface area (Å²) in [6.45, 7) is 0. The predicted octanol–water partition coefficient (Wildman–Crippen LogP) is 2.53. The quantitative estimate of drug-likeness (QED) is 0.548. The van der Waals surface area contributed by atoms with E-state index in [2.05, 4.69) is 20.3 Å². The minimum absolute atomic E-state index is 0.245. The molecule has 4 aromatic rings. The minimum atomic E-state index is -0.439. The fourth-order valence-corrected chi connectivity index (χ4v) is 3.06. The van der Waals surface area contributed by atoms with Crippen LogP contribution in [0.3, 0.4) is 0 Å². The highest BCUT2D eigenvalue weighted by Gasteiger charge is 2.22. The van der Waals surface area contributed by atoms with Gasteiger partial charge in [0.05, 0.1) is 12.7 Å². The lowest BCUT2D eigenvalue weighted by Crippen LogP contribution is -2.31. The first-order valence-electron chi connectivity index (χ1n) is 9.02. The van der Waals surface area contributed by atoms with E-state index in [4.69, 9.17) is 4.74 Å². The van der Waals surface area contributed by atoms with E-state index < -0.39 is 6.04 Å². The van der Waals surface area contributed by atoms with Crippen molar-refractivity contribution in [1.82, 2.24) is 29.4 Å². The molecule has 0 saturated carbocycles. The first-order valence-corrected chi connectivity index (χ1v) is 9.02. The van der Waals surface area contributed by atoms with Crippen molar-refractivity contribution in [2.45, 2.75) is 6.04 Å². The molecule has 4 rings (SSSR count). The summed E-state index contributed by atoms with van der Waals surface area (Å²) >= 11 is 0. The van der Waals surface area contributed by atoms with Gasteiger partial charge in [0.25, 0.3) is 5.91 Å². The van der Waals surface area contributed by atoms with Crippen molar-refractivity contribution in [2.75, 3.05) is 7.11 Å². The van der Waals surface area contributed by atoms with Crippen molar-refractivity contribution >= 4 is 5.91 Å². The van der Waals surface area contributed by atoms with Crippen LogP contribution < -0.4 is 10.1 Å². The van der Waals surface area contributed by atoms with Crippen LogP contribution in [0.15, 0.2) is 73.7 Å². The first kappa shape index (κ1) is 18.4. The number of methoxy groups -OCH3 is 1. The fraction of sp³-hybridized carbons (Fsp3) is 0.143. The molecule has 0 fully saturated rings. The second-order valence-corrected chi connectivity index (χ2v) is 6.45. The van der Waals surface area contributed by atoms with Crippen LogP contribution in [0.25, 0.3) is 5.82 Å². The number of aryl methyl sites for hydroxylation is 1. The maximum atomic E-state index is 12.9. The van der Waals surface area contributed by atoms with E-state index in [0.717, 1.165) is 11.4 Å². The third kappa shape index (κ3) is 3.86. The average Bonchev–Trinajstić information content (AvgIpc) is 3.44. The lowest BCUT2D eigenvalue weighted by molar-refractivity contribution is 0.0940. The lowest BCUT2D eigenvalue weighted by atomic mass is 10.0. The summed E-state index contributed by atoms with van der Waals surface area (Å²) in [7, 11) is 3.50. The standard InChI is InChI=1S/C21H20N6O2/c1-26-10-9-23-20(26)19(15-4-3-5-17(12-15)29-2)25-21(28)16-6-7-18(24-13-16)27-11-8-22-14-27/h3-14,19H,1-2H3,(H,25,28). The zero-order valence-electron chi connectivity index (χ0n) is 16.1. The van der Waals surface area contributed by atoms with Gasteiger partial charge >= 0.3 is 0 Å². The van der Waals surface area contributed by atoms with Crippen molar-refractivity contribution in [3.05, 3.63) is 90.7 Å². The van der Waals surface area contributed by atoms with Crippen LogP contribution in [0, 0.1) is 0 Å². The molecule has 1 atom stereocenters. The number of hydrogen-bond donors (Lipinski definition) is 1. The summed E-state index contributed by atoms with van der Waals surface area (Å²) in [6.07, 6.45) is 10.2. The van der Waals surface area contributed by atoms with Gasteiger partial charge in [-0.3, -0.25) is 9.36 Å². The number of benzene rings is 1. The third-order valence-corrected chi connectivity index (χ3v) is 4.60. The first-order chi connectivity index (χ1) is 14.2. The number of aromatic nitrogens is 5. The highest BCUT2D eigenvalue weighted by Crippen LogP contribution is 2.24. The molecule has 3 heterocycles. The molecule has 29 heavy (non-hydrogen) atoms. The molecule has 0 spiro atoms. The molecule has 3 aromatic heterocycles. The van der Waals surface area contributed by atoms with Gasteiger partial charge in [-0.05, 0) is 29.8 Å². The molecule has 0 aliphatic rings. The van der Waals surface area contributed by atoms with Crippen LogP contribution in [0.4, 0.5) is 0 Å². The van der Waals surface area contributed by atoms with E-state index in [1.807, 2.05) is 42.1 Å². The van der Waals surface area contributed by atoms with E-state index in [9.17, 15) is 4.79 Å². The average molecular weight is 388 g/mol. The van der Waals surface area contributed by atoms with Crippen LogP contribution >= 0.6 is 0 Å². The summed E-state index contributed by atoms with van der Waals surface area (Å²) in [5.41, 5.74) is 1.32. The van der Waals surface area contributed by atoms with Gasteiger partial charge in [0.1, 0.15) is 29.8 Å². The van der Waals surface area contributed by atoms with Crippen molar-refractivity contribution in [3.8, 4) is 11.6 Å². The largest absolute Gasteiger partial charge is 0.497 e. The van der Waals surface area contributed by atoms with Crippen LogP contribution in [0.5, 0.6) is 5.75 Å². The second kappa shape index (κ2) is 7.97. The number of nitrogens with one attached hydrogen (secondary N) is 1. The van der Waals surface area contributed by atoms with E-state index >= 15 is 0 Å². The predicted molar refractivity (Wildman–Crippen MR) is 107 cm³/mol. The molecule has 0 bridgehead atoms. The Morgan fingerprint density at radius 3 is 2.69 bits per heavy atom. The molecular formula is C21H20N6O2. The molecule has 1 aromatic carbocycles. The summed E-state index contributed by atoms with van der Waals surface area (Å²) < 4.78 is 8.99. The normalized spacial score (nSPS) is 11.8. The highest BCUT2D eigenvalue weighted by atomic mass is 16.5. The van der Waals surface area contributed by atoms with E-state index in [1.54, 1.807) is 54.9 Å². The number of carbonyl (C=O) groups is 1. The van der Waals surface area contributed by atoms with Gasteiger partial charge in [-0.15, -0.1) is 0 Å². The van der Waals surface area contributed by atoms with Crippen molar-refractivity contribution in [3.63, 3.8) is 0 Å². The van der Waals surface area contributed by atoms with Gasteiger partial charge in [-0.1, -0.05) is 12.1 Å². The van der Waals surface area contributed by atoms with Crippen LogP contribution in [-0.2, 0) is 7.05 Å². The number of nitrogens with zero attached hydrogens (tertiary/aromatic N) is 5. The van der Waals surface area contributed by atoms with Gasteiger partial charge < -0.3 is 14.6 Å². The Morgan fingerprint density at radius 2 is 2.03 bits per heavy atom. The van der Waals surface area contributed by atoms with Gasteiger partial charge in [-0.25, -0.2) is 15.0 Å². The molecular weight excluding hydrogens is 368 g/mol. The van der Waals surface area contributed by atoms with Crippen LogP contribution in [0.1, 0.15) is 27.8 Å². The monoisotopic (exact) mass is 388 g/mol. The number of ether oxygens (including phenoxy) is 1. The smallest absolute Gasteiger partial charge is 0.253 e. The Hall–Kier alpha value is -3.94. The summed E-state index contributed by atoms with van der Waals surface area (Å²) in [5, 5.41) is 3.06.